The standard InChI is InChI=1S/C13H14FN3/c1-9-6-7-17-13(16-9)12(8-15-17)10-2-4-11(14)5-3-10/h2-5,8-9,16H,6-7H2,1H3. The normalized spacial score (nSPS) is 18.6. The van der Waals surface area contributed by atoms with Crippen molar-refractivity contribution in [2.45, 2.75) is 25.9 Å². The molecular formula is C13H14FN3. The number of rotatable bonds is 1. The first-order chi connectivity index (χ1) is 8.24. The fourth-order valence-electron chi connectivity index (χ4n) is 2.17. The molecule has 2 heterocycles. The summed E-state index contributed by atoms with van der Waals surface area (Å²) in [5.74, 6) is 0.825. The van der Waals surface area contributed by atoms with E-state index in [1.165, 1.54) is 12.1 Å². The van der Waals surface area contributed by atoms with Crippen LogP contribution in [-0.4, -0.2) is 15.8 Å². The lowest BCUT2D eigenvalue weighted by atomic mass is 10.1. The second-order valence-corrected chi connectivity index (χ2v) is 4.47. The fourth-order valence-corrected chi connectivity index (χ4v) is 2.17. The number of fused-ring (bicyclic) bond motifs is 1. The Bertz CT molecular complexity index is 530. The average Bonchev–Trinajstić information content (AvgIpc) is 2.73. The van der Waals surface area contributed by atoms with Gasteiger partial charge in [0.25, 0.3) is 0 Å². The molecular weight excluding hydrogens is 217 g/mol. The highest BCUT2D eigenvalue weighted by Gasteiger charge is 2.19. The van der Waals surface area contributed by atoms with Gasteiger partial charge in [0.15, 0.2) is 0 Å². The summed E-state index contributed by atoms with van der Waals surface area (Å²) in [5, 5.41) is 7.78. The second-order valence-electron chi connectivity index (χ2n) is 4.47. The Morgan fingerprint density at radius 3 is 2.88 bits per heavy atom. The fraction of sp³-hybridized carbons (Fsp3) is 0.308. The monoisotopic (exact) mass is 231 g/mol. The topological polar surface area (TPSA) is 29.9 Å². The van der Waals surface area contributed by atoms with Gasteiger partial charge in [-0.05, 0) is 31.0 Å². The van der Waals surface area contributed by atoms with E-state index in [1.807, 2.05) is 10.9 Å². The highest BCUT2D eigenvalue weighted by molar-refractivity contribution is 5.75. The summed E-state index contributed by atoms with van der Waals surface area (Å²) in [6, 6.07) is 6.98. The minimum Gasteiger partial charge on any atom is -0.367 e. The van der Waals surface area contributed by atoms with Crippen molar-refractivity contribution in [2.75, 3.05) is 5.32 Å². The van der Waals surface area contributed by atoms with Crippen molar-refractivity contribution in [1.82, 2.24) is 9.78 Å². The minimum absolute atomic E-state index is 0.212. The number of nitrogens with one attached hydrogen (secondary N) is 1. The van der Waals surface area contributed by atoms with E-state index in [1.54, 1.807) is 12.1 Å². The van der Waals surface area contributed by atoms with Gasteiger partial charge < -0.3 is 5.32 Å². The molecule has 88 valence electrons. The Hall–Kier alpha value is -1.84. The van der Waals surface area contributed by atoms with Crippen LogP contribution in [0.2, 0.25) is 0 Å². The molecule has 2 aromatic rings. The van der Waals surface area contributed by atoms with E-state index in [0.29, 0.717) is 6.04 Å². The van der Waals surface area contributed by atoms with Gasteiger partial charge in [-0.15, -0.1) is 0 Å². The highest BCUT2D eigenvalue weighted by Crippen LogP contribution is 2.31. The molecule has 4 heteroatoms. The molecule has 1 aromatic heterocycles. The molecule has 1 aromatic carbocycles. The molecule has 3 rings (SSSR count). The van der Waals surface area contributed by atoms with Crippen LogP contribution >= 0.6 is 0 Å². The molecule has 1 aliphatic rings. The lowest BCUT2D eigenvalue weighted by molar-refractivity contribution is 0.512. The molecule has 0 aliphatic carbocycles. The SMILES string of the molecule is CC1CCn2ncc(-c3ccc(F)cc3)c2N1. The molecule has 1 atom stereocenters. The molecule has 0 spiro atoms. The largest absolute Gasteiger partial charge is 0.367 e. The first kappa shape index (κ1) is 10.3. The number of halogens is 1. The van der Waals surface area contributed by atoms with Crippen LogP contribution in [0.1, 0.15) is 13.3 Å². The maximum atomic E-state index is 12.9. The molecule has 3 nitrogen and oxygen atoms in total. The molecule has 0 radical (unpaired) electrons. The minimum atomic E-state index is -0.212. The zero-order valence-electron chi connectivity index (χ0n) is 9.65. The molecule has 1 aliphatic heterocycles. The summed E-state index contributed by atoms with van der Waals surface area (Å²) >= 11 is 0. The van der Waals surface area contributed by atoms with E-state index < -0.39 is 0 Å². The highest BCUT2D eigenvalue weighted by atomic mass is 19.1. The predicted molar refractivity (Wildman–Crippen MR) is 65.3 cm³/mol. The quantitative estimate of drug-likeness (QED) is 0.817. The average molecular weight is 231 g/mol. The van der Waals surface area contributed by atoms with E-state index >= 15 is 0 Å². The molecule has 1 unspecified atom stereocenters. The van der Waals surface area contributed by atoms with Crippen molar-refractivity contribution >= 4 is 5.82 Å². The van der Waals surface area contributed by atoms with Crippen molar-refractivity contribution in [3.63, 3.8) is 0 Å². The molecule has 0 fully saturated rings. The first-order valence-corrected chi connectivity index (χ1v) is 5.82. The Labute approximate surface area is 99.3 Å². The van der Waals surface area contributed by atoms with Crippen LogP contribution in [0.5, 0.6) is 0 Å². The molecule has 0 saturated carbocycles. The number of aromatic nitrogens is 2. The predicted octanol–water partition coefficient (Wildman–Crippen LogP) is 2.89. The summed E-state index contributed by atoms with van der Waals surface area (Å²) in [5.41, 5.74) is 2.03. The lowest BCUT2D eigenvalue weighted by Crippen LogP contribution is -2.26. The summed E-state index contributed by atoms with van der Waals surface area (Å²) in [7, 11) is 0. The maximum Gasteiger partial charge on any atom is 0.132 e. The number of hydrogen-bond donors (Lipinski definition) is 1. The Kier molecular flexibility index (Phi) is 2.35. The van der Waals surface area contributed by atoms with Crippen LogP contribution < -0.4 is 5.32 Å². The molecule has 1 N–H and O–H groups in total. The van der Waals surface area contributed by atoms with E-state index in [4.69, 9.17) is 0 Å². The van der Waals surface area contributed by atoms with Crippen molar-refractivity contribution in [1.29, 1.82) is 0 Å². The van der Waals surface area contributed by atoms with Crippen LogP contribution in [0, 0.1) is 5.82 Å². The van der Waals surface area contributed by atoms with Crippen LogP contribution in [0.25, 0.3) is 11.1 Å². The number of aryl methyl sites for hydroxylation is 1. The summed E-state index contributed by atoms with van der Waals surface area (Å²) in [6.45, 7) is 3.09. The number of nitrogens with zero attached hydrogens (tertiary/aromatic N) is 2. The number of benzene rings is 1. The smallest absolute Gasteiger partial charge is 0.132 e. The van der Waals surface area contributed by atoms with Crippen molar-refractivity contribution in [3.05, 3.63) is 36.3 Å². The van der Waals surface area contributed by atoms with Crippen molar-refractivity contribution in [2.24, 2.45) is 0 Å². The van der Waals surface area contributed by atoms with Crippen molar-refractivity contribution in [3.8, 4) is 11.1 Å². The molecule has 0 saturated heterocycles. The van der Waals surface area contributed by atoms with Gasteiger partial charge >= 0.3 is 0 Å². The lowest BCUT2D eigenvalue weighted by Gasteiger charge is -2.23. The number of hydrogen-bond acceptors (Lipinski definition) is 2. The van der Waals surface area contributed by atoms with Crippen LogP contribution in [-0.2, 0) is 6.54 Å². The van der Waals surface area contributed by atoms with E-state index in [-0.39, 0.29) is 5.82 Å². The molecule has 0 bridgehead atoms. The third-order valence-electron chi connectivity index (χ3n) is 3.15. The zero-order valence-corrected chi connectivity index (χ0v) is 9.65. The van der Waals surface area contributed by atoms with Gasteiger partial charge in [0, 0.05) is 18.2 Å². The van der Waals surface area contributed by atoms with Gasteiger partial charge in [-0.3, -0.25) is 0 Å². The molecule has 0 amide bonds. The van der Waals surface area contributed by atoms with Gasteiger partial charge in [-0.25, -0.2) is 9.07 Å². The van der Waals surface area contributed by atoms with Gasteiger partial charge in [0.1, 0.15) is 11.6 Å². The molecule has 17 heavy (non-hydrogen) atoms. The van der Waals surface area contributed by atoms with E-state index in [9.17, 15) is 4.39 Å². The van der Waals surface area contributed by atoms with Gasteiger partial charge in [-0.2, -0.15) is 5.10 Å². The summed E-state index contributed by atoms with van der Waals surface area (Å²) in [4.78, 5) is 0. The van der Waals surface area contributed by atoms with Crippen molar-refractivity contribution < 1.29 is 4.39 Å². The third kappa shape index (κ3) is 1.79. The first-order valence-electron chi connectivity index (χ1n) is 5.82. The third-order valence-corrected chi connectivity index (χ3v) is 3.15. The van der Waals surface area contributed by atoms with Crippen LogP contribution in [0.4, 0.5) is 10.2 Å². The second kappa shape index (κ2) is 3.87. The Balaban J connectivity index is 2.04. The van der Waals surface area contributed by atoms with E-state index in [2.05, 4.69) is 17.3 Å². The van der Waals surface area contributed by atoms with E-state index in [0.717, 1.165) is 29.9 Å². The summed E-state index contributed by atoms with van der Waals surface area (Å²) in [6.07, 6.45) is 2.92. The van der Waals surface area contributed by atoms with Crippen LogP contribution in [0.3, 0.4) is 0 Å². The Morgan fingerprint density at radius 1 is 1.35 bits per heavy atom. The maximum absolute atomic E-state index is 12.9. The Morgan fingerprint density at radius 2 is 2.12 bits per heavy atom. The van der Waals surface area contributed by atoms with Gasteiger partial charge in [-0.1, -0.05) is 12.1 Å². The zero-order chi connectivity index (χ0) is 11.8. The number of anilines is 1. The van der Waals surface area contributed by atoms with Crippen LogP contribution in [0.15, 0.2) is 30.5 Å². The summed E-state index contributed by atoms with van der Waals surface area (Å²) < 4.78 is 14.9. The van der Waals surface area contributed by atoms with Gasteiger partial charge in [0.2, 0.25) is 0 Å². The van der Waals surface area contributed by atoms with Gasteiger partial charge in [0.05, 0.1) is 6.20 Å².